The molecule has 0 spiro atoms. The van der Waals surface area contributed by atoms with E-state index in [4.69, 9.17) is 9.26 Å². The fourth-order valence-corrected chi connectivity index (χ4v) is 3.80. The van der Waals surface area contributed by atoms with Crippen LogP contribution in [0.1, 0.15) is 61.4 Å². The van der Waals surface area contributed by atoms with Crippen LogP contribution in [0.3, 0.4) is 0 Å². The van der Waals surface area contributed by atoms with Crippen LogP contribution in [0.2, 0.25) is 0 Å². The van der Waals surface area contributed by atoms with Crippen LogP contribution in [0, 0.1) is 0 Å². The monoisotopic (exact) mass is 341 g/mol. The molecular weight excluding hydrogens is 314 g/mol. The number of benzene rings is 1. The number of hydrogen-bond acceptors (Lipinski definition) is 5. The molecule has 1 saturated heterocycles. The molecule has 0 bridgehead atoms. The van der Waals surface area contributed by atoms with Gasteiger partial charge in [-0.3, -0.25) is 0 Å². The van der Waals surface area contributed by atoms with Gasteiger partial charge in [-0.2, -0.15) is 4.98 Å². The fraction of sp³-hybridized carbons (Fsp3) is 0.600. The van der Waals surface area contributed by atoms with E-state index in [2.05, 4.69) is 47.1 Å². The standard InChI is InChI=1S/C20H27N3O2/c1-14(2)20-21-19(22-25-20)17-4-3-9-23(13-17)10-7-15-5-6-18-16(12-15)8-11-24-18/h5-6,12,14,17H,3-4,7-11,13H2,1-2H3/t17-/m1/s1. The molecule has 25 heavy (non-hydrogen) atoms. The summed E-state index contributed by atoms with van der Waals surface area (Å²) >= 11 is 0. The second-order valence-electron chi connectivity index (χ2n) is 7.58. The molecule has 0 unspecified atom stereocenters. The van der Waals surface area contributed by atoms with Crippen molar-refractivity contribution < 1.29 is 9.26 Å². The molecule has 1 aromatic carbocycles. The van der Waals surface area contributed by atoms with E-state index in [0.717, 1.165) is 56.4 Å². The van der Waals surface area contributed by atoms with Crippen LogP contribution in [0.15, 0.2) is 22.7 Å². The molecule has 5 nitrogen and oxygen atoms in total. The summed E-state index contributed by atoms with van der Waals surface area (Å²) in [6.45, 7) is 8.30. The molecule has 2 aliphatic heterocycles. The van der Waals surface area contributed by atoms with Gasteiger partial charge in [0.15, 0.2) is 5.82 Å². The van der Waals surface area contributed by atoms with Crippen LogP contribution in [-0.4, -0.2) is 41.3 Å². The van der Waals surface area contributed by atoms with Crippen molar-refractivity contribution in [2.45, 2.75) is 51.4 Å². The summed E-state index contributed by atoms with van der Waals surface area (Å²) in [6, 6.07) is 6.65. The molecule has 4 rings (SSSR count). The predicted octanol–water partition coefficient (Wildman–Crippen LogP) is 3.55. The van der Waals surface area contributed by atoms with Crippen LogP contribution in [0.5, 0.6) is 5.75 Å². The van der Waals surface area contributed by atoms with Crippen molar-refractivity contribution in [2.75, 3.05) is 26.2 Å². The second-order valence-corrected chi connectivity index (χ2v) is 7.58. The molecule has 0 aliphatic carbocycles. The Hall–Kier alpha value is -1.88. The van der Waals surface area contributed by atoms with E-state index in [1.807, 2.05) is 0 Å². The first-order chi connectivity index (χ1) is 12.2. The molecule has 1 atom stereocenters. The lowest BCUT2D eigenvalue weighted by Gasteiger charge is -2.31. The Morgan fingerprint density at radius 3 is 3.08 bits per heavy atom. The van der Waals surface area contributed by atoms with E-state index in [1.165, 1.54) is 24.1 Å². The minimum Gasteiger partial charge on any atom is -0.493 e. The van der Waals surface area contributed by atoms with Gasteiger partial charge in [0.25, 0.3) is 0 Å². The molecule has 0 N–H and O–H groups in total. The van der Waals surface area contributed by atoms with Gasteiger partial charge >= 0.3 is 0 Å². The Morgan fingerprint density at radius 1 is 1.32 bits per heavy atom. The number of hydrogen-bond donors (Lipinski definition) is 0. The van der Waals surface area contributed by atoms with E-state index in [1.54, 1.807) is 0 Å². The van der Waals surface area contributed by atoms with E-state index in [-0.39, 0.29) is 0 Å². The number of rotatable bonds is 5. The second kappa shape index (κ2) is 7.16. The molecular formula is C20H27N3O2. The highest BCUT2D eigenvalue weighted by molar-refractivity contribution is 5.39. The molecule has 1 aromatic heterocycles. The summed E-state index contributed by atoms with van der Waals surface area (Å²) in [4.78, 5) is 7.15. The molecule has 1 fully saturated rings. The van der Waals surface area contributed by atoms with Crippen molar-refractivity contribution in [3.8, 4) is 5.75 Å². The third-order valence-electron chi connectivity index (χ3n) is 5.29. The van der Waals surface area contributed by atoms with E-state index < -0.39 is 0 Å². The Morgan fingerprint density at radius 2 is 2.24 bits per heavy atom. The van der Waals surface area contributed by atoms with Crippen molar-refractivity contribution >= 4 is 0 Å². The number of piperidine rings is 1. The average molecular weight is 341 g/mol. The van der Waals surface area contributed by atoms with Crippen LogP contribution in [0.4, 0.5) is 0 Å². The Balaban J connectivity index is 1.35. The van der Waals surface area contributed by atoms with Crippen molar-refractivity contribution in [1.29, 1.82) is 0 Å². The summed E-state index contributed by atoms with van der Waals surface area (Å²) in [6.07, 6.45) is 4.49. The lowest BCUT2D eigenvalue weighted by Crippen LogP contribution is -2.36. The average Bonchev–Trinajstić information content (AvgIpc) is 3.29. The van der Waals surface area contributed by atoms with Crippen LogP contribution < -0.4 is 4.74 Å². The van der Waals surface area contributed by atoms with Gasteiger partial charge in [0.05, 0.1) is 6.61 Å². The highest BCUT2D eigenvalue weighted by atomic mass is 16.5. The maximum Gasteiger partial charge on any atom is 0.229 e. The van der Waals surface area contributed by atoms with Gasteiger partial charge in [0, 0.05) is 31.3 Å². The SMILES string of the molecule is CC(C)c1nc([C@@H]2CCCN(CCc3ccc4c(c3)CCO4)C2)no1. The Labute approximate surface area is 149 Å². The molecule has 3 heterocycles. The number of fused-ring (bicyclic) bond motifs is 1. The molecule has 0 radical (unpaired) electrons. The van der Waals surface area contributed by atoms with Gasteiger partial charge < -0.3 is 14.2 Å². The lowest BCUT2D eigenvalue weighted by atomic mass is 9.96. The third kappa shape index (κ3) is 3.71. The van der Waals surface area contributed by atoms with Gasteiger partial charge in [-0.15, -0.1) is 0 Å². The fourth-order valence-electron chi connectivity index (χ4n) is 3.80. The lowest BCUT2D eigenvalue weighted by molar-refractivity contribution is 0.204. The quantitative estimate of drug-likeness (QED) is 0.832. The summed E-state index contributed by atoms with van der Waals surface area (Å²) in [7, 11) is 0. The smallest absolute Gasteiger partial charge is 0.229 e. The Kier molecular flexibility index (Phi) is 4.75. The third-order valence-corrected chi connectivity index (χ3v) is 5.29. The van der Waals surface area contributed by atoms with Crippen LogP contribution in [-0.2, 0) is 12.8 Å². The zero-order valence-corrected chi connectivity index (χ0v) is 15.2. The van der Waals surface area contributed by atoms with E-state index in [9.17, 15) is 0 Å². The molecule has 2 aliphatic rings. The number of aromatic nitrogens is 2. The molecule has 5 heteroatoms. The van der Waals surface area contributed by atoms with Gasteiger partial charge in [0.1, 0.15) is 5.75 Å². The zero-order valence-electron chi connectivity index (χ0n) is 15.2. The van der Waals surface area contributed by atoms with Gasteiger partial charge in [-0.1, -0.05) is 31.1 Å². The van der Waals surface area contributed by atoms with E-state index >= 15 is 0 Å². The van der Waals surface area contributed by atoms with Gasteiger partial charge in [-0.05, 0) is 43.0 Å². The van der Waals surface area contributed by atoms with Crippen LogP contribution in [0.25, 0.3) is 0 Å². The number of nitrogens with zero attached hydrogens (tertiary/aromatic N) is 3. The number of likely N-dealkylation sites (tertiary alicyclic amines) is 1. The van der Waals surface area contributed by atoms with Crippen molar-refractivity contribution in [3.05, 3.63) is 41.0 Å². The summed E-state index contributed by atoms with van der Waals surface area (Å²) in [5, 5.41) is 4.23. The maximum atomic E-state index is 5.60. The van der Waals surface area contributed by atoms with Crippen molar-refractivity contribution in [3.63, 3.8) is 0 Å². The largest absolute Gasteiger partial charge is 0.493 e. The normalized spacial score (nSPS) is 20.7. The van der Waals surface area contributed by atoms with Crippen molar-refractivity contribution in [2.24, 2.45) is 0 Å². The number of ether oxygens (including phenoxy) is 1. The van der Waals surface area contributed by atoms with Gasteiger partial charge in [0.2, 0.25) is 5.89 Å². The Bertz CT molecular complexity index is 725. The van der Waals surface area contributed by atoms with E-state index in [0.29, 0.717) is 11.8 Å². The first-order valence-electron chi connectivity index (χ1n) is 9.49. The summed E-state index contributed by atoms with van der Waals surface area (Å²) in [5.41, 5.74) is 2.77. The molecule has 0 saturated carbocycles. The molecule has 134 valence electrons. The summed E-state index contributed by atoms with van der Waals surface area (Å²) < 4.78 is 11.0. The minimum absolute atomic E-state index is 0.296. The highest BCUT2D eigenvalue weighted by Gasteiger charge is 2.25. The first kappa shape index (κ1) is 16.6. The summed E-state index contributed by atoms with van der Waals surface area (Å²) in [5.74, 6) is 3.42. The van der Waals surface area contributed by atoms with Crippen LogP contribution >= 0.6 is 0 Å². The first-order valence-corrected chi connectivity index (χ1v) is 9.49. The van der Waals surface area contributed by atoms with Gasteiger partial charge in [-0.25, -0.2) is 0 Å². The molecule has 2 aromatic rings. The molecule has 0 amide bonds. The zero-order chi connectivity index (χ0) is 17.2. The topological polar surface area (TPSA) is 51.4 Å². The van der Waals surface area contributed by atoms with Crippen molar-refractivity contribution in [1.82, 2.24) is 15.0 Å². The predicted molar refractivity (Wildman–Crippen MR) is 96.1 cm³/mol. The minimum atomic E-state index is 0.296. The maximum absolute atomic E-state index is 5.60. The highest BCUT2D eigenvalue weighted by Crippen LogP contribution is 2.28.